The SMILES string of the molecule is CN(C)C(CNS(=O)(=O)c1cccc(F)c1)c1ccccc1Cl. The standard InChI is InChI=1S/C16H18ClFN2O2S/c1-20(2)16(14-8-3-4-9-15(14)17)11-19-23(21,22)13-7-5-6-12(18)10-13/h3-10,16,19H,11H2,1-2H3. The summed E-state index contributed by atoms with van der Waals surface area (Å²) in [5.74, 6) is -0.594. The topological polar surface area (TPSA) is 49.4 Å². The highest BCUT2D eigenvalue weighted by molar-refractivity contribution is 7.89. The van der Waals surface area contributed by atoms with Crippen LogP contribution in [0.15, 0.2) is 53.4 Å². The van der Waals surface area contributed by atoms with Crippen LogP contribution in [0.4, 0.5) is 4.39 Å². The molecule has 2 aromatic carbocycles. The van der Waals surface area contributed by atoms with Crippen LogP contribution >= 0.6 is 11.6 Å². The Morgan fingerprint density at radius 1 is 1.17 bits per heavy atom. The summed E-state index contributed by atoms with van der Waals surface area (Å²) in [6.45, 7) is 0.121. The minimum absolute atomic E-state index is 0.103. The van der Waals surface area contributed by atoms with Gasteiger partial charge in [-0.05, 0) is 43.9 Å². The summed E-state index contributed by atoms with van der Waals surface area (Å²) in [4.78, 5) is 1.77. The van der Waals surface area contributed by atoms with Crippen LogP contribution in [0.5, 0.6) is 0 Å². The summed E-state index contributed by atoms with van der Waals surface area (Å²) in [7, 11) is -0.116. The summed E-state index contributed by atoms with van der Waals surface area (Å²) >= 11 is 6.20. The highest BCUT2D eigenvalue weighted by Gasteiger charge is 2.21. The number of nitrogens with one attached hydrogen (secondary N) is 1. The van der Waals surface area contributed by atoms with Crippen molar-refractivity contribution in [3.63, 3.8) is 0 Å². The number of halogens is 2. The zero-order chi connectivity index (χ0) is 17.0. The zero-order valence-electron chi connectivity index (χ0n) is 12.8. The molecule has 4 nitrogen and oxygen atoms in total. The van der Waals surface area contributed by atoms with Crippen LogP contribution in [-0.4, -0.2) is 34.0 Å². The van der Waals surface area contributed by atoms with Gasteiger partial charge in [0.1, 0.15) is 5.82 Å². The molecule has 1 unspecified atom stereocenters. The van der Waals surface area contributed by atoms with Crippen molar-refractivity contribution in [1.82, 2.24) is 9.62 Å². The van der Waals surface area contributed by atoms with Gasteiger partial charge in [-0.3, -0.25) is 0 Å². The lowest BCUT2D eigenvalue weighted by atomic mass is 10.1. The van der Waals surface area contributed by atoms with Crippen molar-refractivity contribution in [2.75, 3.05) is 20.6 Å². The van der Waals surface area contributed by atoms with Gasteiger partial charge >= 0.3 is 0 Å². The molecule has 0 aliphatic rings. The predicted molar refractivity (Wildman–Crippen MR) is 89.5 cm³/mol. The van der Waals surface area contributed by atoms with Gasteiger partial charge in [0.2, 0.25) is 10.0 Å². The molecule has 0 aliphatic carbocycles. The fourth-order valence-electron chi connectivity index (χ4n) is 2.22. The maximum Gasteiger partial charge on any atom is 0.240 e. The molecule has 0 saturated heterocycles. The normalized spacial score (nSPS) is 13.3. The number of rotatable bonds is 6. The minimum atomic E-state index is -3.79. The number of hydrogen-bond acceptors (Lipinski definition) is 3. The highest BCUT2D eigenvalue weighted by Crippen LogP contribution is 2.25. The van der Waals surface area contributed by atoms with E-state index in [-0.39, 0.29) is 17.5 Å². The smallest absolute Gasteiger partial charge is 0.240 e. The predicted octanol–water partition coefficient (Wildman–Crippen LogP) is 3.06. The fraction of sp³-hybridized carbons (Fsp3) is 0.250. The lowest BCUT2D eigenvalue weighted by Crippen LogP contribution is -2.34. The second-order valence-corrected chi connectivity index (χ2v) is 7.48. The molecular formula is C16H18ClFN2O2S. The van der Waals surface area contributed by atoms with Gasteiger partial charge in [-0.15, -0.1) is 0 Å². The van der Waals surface area contributed by atoms with Crippen molar-refractivity contribution in [2.24, 2.45) is 0 Å². The number of benzene rings is 2. The maximum absolute atomic E-state index is 13.2. The summed E-state index contributed by atoms with van der Waals surface area (Å²) < 4.78 is 40.3. The van der Waals surface area contributed by atoms with Gasteiger partial charge in [0.05, 0.1) is 4.90 Å². The lowest BCUT2D eigenvalue weighted by Gasteiger charge is -2.26. The van der Waals surface area contributed by atoms with Crippen LogP contribution in [0.25, 0.3) is 0 Å². The molecule has 0 aromatic heterocycles. The van der Waals surface area contributed by atoms with E-state index in [1.54, 1.807) is 6.07 Å². The van der Waals surface area contributed by atoms with Crippen molar-refractivity contribution in [1.29, 1.82) is 0 Å². The number of nitrogens with zero attached hydrogens (tertiary/aromatic N) is 1. The van der Waals surface area contributed by atoms with Gasteiger partial charge in [0.25, 0.3) is 0 Å². The monoisotopic (exact) mass is 356 g/mol. The summed E-state index contributed by atoms with van der Waals surface area (Å²) in [6.07, 6.45) is 0. The largest absolute Gasteiger partial charge is 0.301 e. The Bertz CT molecular complexity index is 781. The zero-order valence-corrected chi connectivity index (χ0v) is 14.4. The van der Waals surface area contributed by atoms with E-state index in [2.05, 4.69) is 4.72 Å². The third kappa shape index (κ3) is 4.51. The molecule has 23 heavy (non-hydrogen) atoms. The molecule has 1 N–H and O–H groups in total. The number of hydrogen-bond donors (Lipinski definition) is 1. The van der Waals surface area contributed by atoms with Crippen LogP contribution in [-0.2, 0) is 10.0 Å². The molecule has 7 heteroatoms. The molecule has 0 saturated carbocycles. The number of sulfonamides is 1. The Morgan fingerprint density at radius 3 is 2.48 bits per heavy atom. The lowest BCUT2D eigenvalue weighted by molar-refractivity contribution is 0.299. The van der Waals surface area contributed by atoms with E-state index in [1.807, 2.05) is 37.2 Å². The van der Waals surface area contributed by atoms with Gasteiger partial charge in [-0.25, -0.2) is 17.5 Å². The van der Waals surface area contributed by atoms with Gasteiger partial charge in [-0.1, -0.05) is 35.9 Å². The first-order valence-electron chi connectivity index (χ1n) is 6.97. The first-order chi connectivity index (χ1) is 10.8. The summed E-state index contributed by atoms with van der Waals surface area (Å²) in [5, 5.41) is 0.566. The summed E-state index contributed by atoms with van der Waals surface area (Å²) in [6, 6.07) is 11.9. The molecule has 0 amide bonds. The van der Waals surface area contributed by atoms with Crippen LogP contribution < -0.4 is 4.72 Å². The van der Waals surface area contributed by atoms with Gasteiger partial charge in [0, 0.05) is 17.6 Å². The second-order valence-electron chi connectivity index (χ2n) is 5.31. The fourth-order valence-corrected chi connectivity index (χ4v) is 3.55. The average molecular weight is 357 g/mol. The van der Waals surface area contributed by atoms with E-state index in [4.69, 9.17) is 11.6 Å². The van der Waals surface area contributed by atoms with E-state index in [0.717, 1.165) is 11.6 Å². The van der Waals surface area contributed by atoms with Crippen LogP contribution in [0.2, 0.25) is 5.02 Å². The molecule has 0 heterocycles. The third-order valence-corrected chi connectivity index (χ3v) is 5.23. The molecule has 0 bridgehead atoms. The van der Waals surface area contributed by atoms with E-state index >= 15 is 0 Å². The van der Waals surface area contributed by atoms with Crippen molar-refractivity contribution < 1.29 is 12.8 Å². The van der Waals surface area contributed by atoms with Gasteiger partial charge in [0.15, 0.2) is 0 Å². The van der Waals surface area contributed by atoms with Crippen molar-refractivity contribution in [2.45, 2.75) is 10.9 Å². The molecule has 0 aliphatic heterocycles. The Kier molecular flexibility index (Phi) is 5.75. The van der Waals surface area contributed by atoms with Gasteiger partial charge in [-0.2, -0.15) is 0 Å². The average Bonchev–Trinajstić information content (AvgIpc) is 2.49. The molecule has 0 spiro atoms. The molecule has 0 radical (unpaired) electrons. The summed E-state index contributed by atoms with van der Waals surface area (Å²) in [5.41, 5.74) is 0.820. The number of likely N-dealkylation sites (N-methyl/N-ethyl adjacent to an activating group) is 1. The van der Waals surface area contributed by atoms with E-state index in [0.29, 0.717) is 5.02 Å². The molecule has 124 valence electrons. The highest BCUT2D eigenvalue weighted by atomic mass is 35.5. The Balaban J connectivity index is 2.21. The molecular weight excluding hydrogens is 339 g/mol. The first kappa shape index (κ1) is 17.9. The molecule has 2 rings (SSSR count). The molecule has 1 atom stereocenters. The molecule has 0 fully saturated rings. The van der Waals surface area contributed by atoms with E-state index in [1.165, 1.54) is 18.2 Å². The Hall–Kier alpha value is -1.47. The van der Waals surface area contributed by atoms with Crippen molar-refractivity contribution in [3.8, 4) is 0 Å². The van der Waals surface area contributed by atoms with E-state index in [9.17, 15) is 12.8 Å². The Morgan fingerprint density at radius 2 is 1.87 bits per heavy atom. The van der Waals surface area contributed by atoms with E-state index < -0.39 is 15.8 Å². The third-order valence-electron chi connectivity index (χ3n) is 3.46. The quantitative estimate of drug-likeness (QED) is 0.865. The van der Waals surface area contributed by atoms with Gasteiger partial charge < -0.3 is 4.90 Å². The minimum Gasteiger partial charge on any atom is -0.301 e. The van der Waals surface area contributed by atoms with Crippen LogP contribution in [0, 0.1) is 5.82 Å². The van der Waals surface area contributed by atoms with Crippen LogP contribution in [0.1, 0.15) is 11.6 Å². The van der Waals surface area contributed by atoms with Crippen molar-refractivity contribution >= 4 is 21.6 Å². The maximum atomic E-state index is 13.2. The van der Waals surface area contributed by atoms with Crippen LogP contribution in [0.3, 0.4) is 0 Å². The Labute approximate surface area is 140 Å². The van der Waals surface area contributed by atoms with Crippen molar-refractivity contribution in [3.05, 3.63) is 64.9 Å². The molecule has 2 aromatic rings. The second kappa shape index (κ2) is 7.40. The first-order valence-corrected chi connectivity index (χ1v) is 8.83.